The zero-order chi connectivity index (χ0) is 21.5. The number of hydrogen-bond donors (Lipinski definition) is 1. The maximum atomic E-state index is 12.9. The van der Waals surface area contributed by atoms with Gasteiger partial charge in [0.15, 0.2) is 0 Å². The standard InChI is InChI=1S/C25H33N3O2/c1-19(2)22-11-9-21(10-12-22)18-27-13-15-28(16-14-27)25(30)17-24(26-20(3)29)23-7-5-4-6-8-23/h4-12,19,24H,13-18H2,1-3H3,(H,26,29)/t24-/m0/s1. The molecular weight excluding hydrogens is 374 g/mol. The lowest BCUT2D eigenvalue weighted by Crippen LogP contribution is -2.49. The molecule has 1 aliphatic heterocycles. The van der Waals surface area contributed by atoms with Crippen LogP contribution >= 0.6 is 0 Å². The number of rotatable bonds is 7. The van der Waals surface area contributed by atoms with E-state index in [0.29, 0.717) is 12.3 Å². The molecule has 0 aromatic heterocycles. The van der Waals surface area contributed by atoms with Gasteiger partial charge in [-0.2, -0.15) is 0 Å². The Morgan fingerprint density at radius 1 is 0.900 bits per heavy atom. The Bertz CT molecular complexity index is 825. The molecule has 1 fully saturated rings. The molecule has 1 saturated heterocycles. The minimum atomic E-state index is -0.284. The molecule has 3 rings (SSSR count). The second kappa shape index (κ2) is 10.4. The predicted molar refractivity (Wildman–Crippen MR) is 120 cm³/mol. The molecule has 5 nitrogen and oxygen atoms in total. The van der Waals surface area contributed by atoms with Crippen molar-refractivity contribution in [2.45, 2.75) is 45.7 Å². The van der Waals surface area contributed by atoms with Crippen molar-refractivity contribution in [1.82, 2.24) is 15.1 Å². The Hall–Kier alpha value is -2.66. The molecule has 2 aromatic carbocycles. The van der Waals surface area contributed by atoms with Crippen molar-refractivity contribution in [2.75, 3.05) is 26.2 Å². The predicted octanol–water partition coefficient (Wildman–Crippen LogP) is 3.72. The third kappa shape index (κ3) is 6.17. The molecule has 0 radical (unpaired) electrons. The van der Waals surface area contributed by atoms with Crippen molar-refractivity contribution in [3.05, 3.63) is 71.3 Å². The highest BCUT2D eigenvalue weighted by atomic mass is 16.2. The zero-order valence-electron chi connectivity index (χ0n) is 18.3. The van der Waals surface area contributed by atoms with E-state index in [9.17, 15) is 9.59 Å². The Kier molecular flexibility index (Phi) is 7.63. The monoisotopic (exact) mass is 407 g/mol. The quantitative estimate of drug-likeness (QED) is 0.761. The number of hydrogen-bond acceptors (Lipinski definition) is 3. The summed E-state index contributed by atoms with van der Waals surface area (Å²) in [4.78, 5) is 28.8. The first-order valence-electron chi connectivity index (χ1n) is 10.8. The van der Waals surface area contributed by atoms with E-state index in [1.807, 2.05) is 35.2 Å². The fourth-order valence-electron chi connectivity index (χ4n) is 3.91. The highest BCUT2D eigenvalue weighted by Gasteiger charge is 2.24. The molecule has 1 atom stereocenters. The van der Waals surface area contributed by atoms with Gasteiger partial charge in [-0.1, -0.05) is 68.4 Å². The molecule has 1 N–H and O–H groups in total. The summed E-state index contributed by atoms with van der Waals surface area (Å²) in [5, 5.41) is 2.92. The van der Waals surface area contributed by atoms with Gasteiger partial charge in [0, 0.05) is 39.6 Å². The molecule has 1 aliphatic rings. The topological polar surface area (TPSA) is 52.7 Å². The van der Waals surface area contributed by atoms with Crippen LogP contribution in [0.2, 0.25) is 0 Å². The molecule has 2 aromatic rings. The molecule has 0 bridgehead atoms. The van der Waals surface area contributed by atoms with Crippen LogP contribution in [0.4, 0.5) is 0 Å². The molecule has 0 aliphatic carbocycles. The SMILES string of the molecule is CC(=O)N[C@@H](CC(=O)N1CCN(Cc2ccc(C(C)C)cc2)CC1)c1ccccc1. The minimum absolute atomic E-state index is 0.0959. The first-order chi connectivity index (χ1) is 14.4. The fourth-order valence-corrected chi connectivity index (χ4v) is 3.91. The molecule has 1 heterocycles. The lowest BCUT2D eigenvalue weighted by atomic mass is 10.0. The zero-order valence-corrected chi connectivity index (χ0v) is 18.3. The van der Waals surface area contributed by atoms with Gasteiger partial charge >= 0.3 is 0 Å². The number of carbonyl (C=O) groups excluding carboxylic acids is 2. The Morgan fingerprint density at radius 3 is 2.10 bits per heavy atom. The minimum Gasteiger partial charge on any atom is -0.349 e. The van der Waals surface area contributed by atoms with Crippen LogP contribution in [-0.2, 0) is 16.1 Å². The molecule has 5 heteroatoms. The highest BCUT2D eigenvalue weighted by Crippen LogP contribution is 2.20. The van der Waals surface area contributed by atoms with E-state index in [1.165, 1.54) is 18.1 Å². The largest absolute Gasteiger partial charge is 0.349 e. The summed E-state index contributed by atoms with van der Waals surface area (Å²) in [5.74, 6) is 0.523. The number of carbonyl (C=O) groups is 2. The van der Waals surface area contributed by atoms with Crippen LogP contribution in [0, 0.1) is 0 Å². The molecule has 2 amide bonds. The van der Waals surface area contributed by atoms with Crippen molar-refractivity contribution in [3.8, 4) is 0 Å². The van der Waals surface area contributed by atoms with Crippen molar-refractivity contribution in [1.29, 1.82) is 0 Å². The van der Waals surface area contributed by atoms with Gasteiger partial charge in [-0.3, -0.25) is 14.5 Å². The van der Waals surface area contributed by atoms with E-state index in [4.69, 9.17) is 0 Å². The third-order valence-corrected chi connectivity index (χ3v) is 5.74. The van der Waals surface area contributed by atoms with Crippen LogP contribution in [0.25, 0.3) is 0 Å². The first-order valence-corrected chi connectivity index (χ1v) is 10.8. The highest BCUT2D eigenvalue weighted by molar-refractivity contribution is 5.79. The van der Waals surface area contributed by atoms with Gasteiger partial charge in [0.1, 0.15) is 0 Å². The van der Waals surface area contributed by atoms with Crippen LogP contribution in [0.15, 0.2) is 54.6 Å². The second-order valence-corrected chi connectivity index (χ2v) is 8.42. The number of benzene rings is 2. The molecular formula is C25H33N3O2. The number of nitrogens with zero attached hydrogens (tertiary/aromatic N) is 2. The van der Waals surface area contributed by atoms with Gasteiger partial charge in [-0.15, -0.1) is 0 Å². The normalized spacial score (nSPS) is 15.8. The molecule has 0 spiro atoms. The third-order valence-electron chi connectivity index (χ3n) is 5.74. The van der Waals surface area contributed by atoms with Gasteiger partial charge in [0.05, 0.1) is 12.5 Å². The number of piperazine rings is 1. The van der Waals surface area contributed by atoms with E-state index < -0.39 is 0 Å². The first kappa shape index (κ1) is 22.0. The summed E-state index contributed by atoms with van der Waals surface area (Å²) >= 11 is 0. The Balaban J connectivity index is 1.52. The van der Waals surface area contributed by atoms with E-state index >= 15 is 0 Å². The summed E-state index contributed by atoms with van der Waals surface area (Å²) in [6, 6.07) is 18.3. The summed E-state index contributed by atoms with van der Waals surface area (Å²) in [7, 11) is 0. The van der Waals surface area contributed by atoms with E-state index in [0.717, 1.165) is 38.3 Å². The Labute approximate surface area is 180 Å². The van der Waals surface area contributed by atoms with E-state index in [1.54, 1.807) is 0 Å². The van der Waals surface area contributed by atoms with Gasteiger partial charge in [-0.25, -0.2) is 0 Å². The van der Waals surface area contributed by atoms with Crippen molar-refractivity contribution < 1.29 is 9.59 Å². The maximum absolute atomic E-state index is 12.9. The molecule has 0 saturated carbocycles. The van der Waals surface area contributed by atoms with Crippen molar-refractivity contribution in [3.63, 3.8) is 0 Å². The maximum Gasteiger partial charge on any atom is 0.225 e. The second-order valence-electron chi connectivity index (χ2n) is 8.42. The molecule has 30 heavy (non-hydrogen) atoms. The van der Waals surface area contributed by atoms with Crippen LogP contribution in [-0.4, -0.2) is 47.8 Å². The van der Waals surface area contributed by atoms with Crippen molar-refractivity contribution in [2.24, 2.45) is 0 Å². The van der Waals surface area contributed by atoms with Crippen LogP contribution in [0.5, 0.6) is 0 Å². The average molecular weight is 408 g/mol. The molecule has 160 valence electrons. The summed E-state index contributed by atoms with van der Waals surface area (Å²) in [6.07, 6.45) is 0.292. The Morgan fingerprint density at radius 2 is 1.53 bits per heavy atom. The van der Waals surface area contributed by atoms with E-state index in [2.05, 4.69) is 48.3 Å². The van der Waals surface area contributed by atoms with Crippen LogP contribution in [0.3, 0.4) is 0 Å². The van der Waals surface area contributed by atoms with Gasteiger partial charge < -0.3 is 10.2 Å². The van der Waals surface area contributed by atoms with Gasteiger partial charge in [0.25, 0.3) is 0 Å². The molecule has 0 unspecified atom stereocenters. The fraction of sp³-hybridized carbons (Fsp3) is 0.440. The number of amides is 2. The van der Waals surface area contributed by atoms with Crippen molar-refractivity contribution >= 4 is 11.8 Å². The van der Waals surface area contributed by atoms with Crippen LogP contribution < -0.4 is 5.32 Å². The number of nitrogens with one attached hydrogen (secondary N) is 1. The summed E-state index contributed by atoms with van der Waals surface area (Å²) < 4.78 is 0. The van der Waals surface area contributed by atoms with Gasteiger partial charge in [-0.05, 0) is 22.6 Å². The average Bonchev–Trinajstić information content (AvgIpc) is 2.74. The summed E-state index contributed by atoms with van der Waals surface area (Å²) in [6.45, 7) is 10.0. The van der Waals surface area contributed by atoms with E-state index in [-0.39, 0.29) is 17.9 Å². The smallest absolute Gasteiger partial charge is 0.225 e. The summed E-state index contributed by atoms with van der Waals surface area (Å²) in [5.41, 5.74) is 3.64. The lowest BCUT2D eigenvalue weighted by Gasteiger charge is -2.35. The van der Waals surface area contributed by atoms with Gasteiger partial charge in [0.2, 0.25) is 11.8 Å². The van der Waals surface area contributed by atoms with Crippen LogP contribution in [0.1, 0.15) is 55.8 Å². The lowest BCUT2D eigenvalue weighted by molar-refractivity contribution is -0.133.